The molecule has 3 aromatic carbocycles. The van der Waals surface area contributed by atoms with Gasteiger partial charge in [0, 0.05) is 24.1 Å². The van der Waals surface area contributed by atoms with Crippen molar-refractivity contribution in [1.29, 1.82) is 0 Å². The van der Waals surface area contributed by atoms with Crippen LogP contribution in [-0.2, 0) is 30.4 Å². The number of hydrogen-bond acceptors (Lipinski definition) is 7. The number of aryl methyl sites for hydroxylation is 1. The Bertz CT molecular complexity index is 1140. The third-order valence-corrected chi connectivity index (χ3v) is 6.21. The molecule has 9 heteroatoms. The molecule has 0 radical (unpaired) electrons. The van der Waals surface area contributed by atoms with Gasteiger partial charge in [0.2, 0.25) is 0 Å². The number of fused-ring (bicyclic) bond motifs is 1. The SMILES string of the molecule is COCOc1cc2ccc(Br)cc2c(OCOC)c1COS(=O)(=O)c1ccc(C)cc1. The number of rotatable bonds is 10. The summed E-state index contributed by atoms with van der Waals surface area (Å²) in [6.07, 6.45) is 0. The van der Waals surface area contributed by atoms with E-state index >= 15 is 0 Å². The lowest BCUT2D eigenvalue weighted by Gasteiger charge is -2.18. The van der Waals surface area contributed by atoms with Crippen molar-refractivity contribution in [2.45, 2.75) is 18.4 Å². The van der Waals surface area contributed by atoms with Crippen molar-refractivity contribution in [2.75, 3.05) is 27.8 Å². The summed E-state index contributed by atoms with van der Waals surface area (Å²) in [6.45, 7) is 1.52. The van der Waals surface area contributed by atoms with Crippen LogP contribution in [0.15, 0.2) is 57.9 Å². The molecule has 0 aliphatic rings. The Morgan fingerprint density at radius 1 is 0.903 bits per heavy atom. The van der Waals surface area contributed by atoms with E-state index < -0.39 is 10.1 Å². The molecule has 0 aliphatic heterocycles. The molecule has 0 N–H and O–H groups in total. The van der Waals surface area contributed by atoms with Crippen LogP contribution in [0.4, 0.5) is 0 Å². The van der Waals surface area contributed by atoms with E-state index in [-0.39, 0.29) is 25.1 Å². The van der Waals surface area contributed by atoms with E-state index in [1.54, 1.807) is 18.2 Å². The van der Waals surface area contributed by atoms with Gasteiger partial charge in [0.25, 0.3) is 10.1 Å². The van der Waals surface area contributed by atoms with Gasteiger partial charge in [0.05, 0.1) is 17.1 Å². The van der Waals surface area contributed by atoms with Crippen LogP contribution in [0, 0.1) is 6.92 Å². The summed E-state index contributed by atoms with van der Waals surface area (Å²) in [4.78, 5) is 0.0698. The fourth-order valence-electron chi connectivity index (χ4n) is 2.93. The number of hydrogen-bond donors (Lipinski definition) is 0. The van der Waals surface area contributed by atoms with Gasteiger partial charge in [-0.1, -0.05) is 39.7 Å². The highest BCUT2D eigenvalue weighted by molar-refractivity contribution is 9.10. The molecule has 0 unspecified atom stereocenters. The first kappa shape index (κ1) is 23.5. The van der Waals surface area contributed by atoms with Crippen molar-refractivity contribution in [3.63, 3.8) is 0 Å². The summed E-state index contributed by atoms with van der Waals surface area (Å²) < 4.78 is 53.3. The Morgan fingerprint density at radius 2 is 1.58 bits per heavy atom. The van der Waals surface area contributed by atoms with Crippen LogP contribution in [0.2, 0.25) is 0 Å². The normalized spacial score (nSPS) is 11.6. The second kappa shape index (κ2) is 10.4. The Kier molecular flexibility index (Phi) is 7.90. The third-order valence-electron chi connectivity index (χ3n) is 4.44. The predicted octanol–water partition coefficient (Wildman–Crippen LogP) is 4.78. The lowest BCUT2D eigenvalue weighted by atomic mass is 10.0. The largest absolute Gasteiger partial charge is 0.467 e. The van der Waals surface area contributed by atoms with Crippen LogP contribution in [-0.4, -0.2) is 36.2 Å². The fourth-order valence-corrected chi connectivity index (χ4v) is 4.17. The summed E-state index contributed by atoms with van der Waals surface area (Å²) in [5.41, 5.74) is 1.37. The van der Waals surface area contributed by atoms with Gasteiger partial charge in [-0.05, 0) is 42.6 Å². The number of ether oxygens (including phenoxy) is 4. The molecule has 0 aliphatic carbocycles. The maximum atomic E-state index is 12.7. The van der Waals surface area contributed by atoms with E-state index in [4.69, 9.17) is 23.1 Å². The smallest absolute Gasteiger partial charge is 0.297 e. The van der Waals surface area contributed by atoms with E-state index in [1.165, 1.54) is 26.4 Å². The summed E-state index contributed by atoms with van der Waals surface area (Å²) in [5, 5.41) is 1.59. The average Bonchev–Trinajstić information content (AvgIpc) is 2.75. The van der Waals surface area contributed by atoms with Crippen LogP contribution in [0.1, 0.15) is 11.1 Å². The Balaban J connectivity index is 2.05. The first-order chi connectivity index (χ1) is 14.9. The lowest BCUT2D eigenvalue weighted by molar-refractivity contribution is 0.0442. The second-order valence-electron chi connectivity index (χ2n) is 6.68. The highest BCUT2D eigenvalue weighted by Gasteiger charge is 2.22. The fraction of sp³-hybridized carbons (Fsp3) is 0.273. The average molecular weight is 511 g/mol. The molecular formula is C22H23BrO7S. The molecule has 0 atom stereocenters. The first-order valence-corrected chi connectivity index (χ1v) is 11.5. The minimum Gasteiger partial charge on any atom is -0.467 e. The van der Waals surface area contributed by atoms with Crippen LogP contribution in [0.5, 0.6) is 11.5 Å². The minimum absolute atomic E-state index is 0.0243. The zero-order chi connectivity index (χ0) is 22.4. The zero-order valence-electron chi connectivity index (χ0n) is 17.4. The second-order valence-corrected chi connectivity index (χ2v) is 9.21. The van der Waals surface area contributed by atoms with Crippen LogP contribution in [0.3, 0.4) is 0 Å². The maximum absolute atomic E-state index is 12.7. The van der Waals surface area contributed by atoms with Gasteiger partial charge >= 0.3 is 0 Å². The summed E-state index contributed by atoms with van der Waals surface area (Å²) in [5.74, 6) is 0.799. The van der Waals surface area contributed by atoms with Gasteiger partial charge in [-0.25, -0.2) is 0 Å². The van der Waals surface area contributed by atoms with Gasteiger partial charge in [-0.3, -0.25) is 4.18 Å². The molecule has 0 spiro atoms. The van der Waals surface area contributed by atoms with Gasteiger partial charge in [-0.2, -0.15) is 8.42 Å². The van der Waals surface area contributed by atoms with Crippen LogP contribution in [0.25, 0.3) is 10.8 Å². The highest BCUT2D eigenvalue weighted by atomic mass is 79.9. The van der Waals surface area contributed by atoms with Crippen LogP contribution < -0.4 is 9.47 Å². The Morgan fingerprint density at radius 3 is 2.26 bits per heavy atom. The number of halogens is 1. The molecule has 166 valence electrons. The molecule has 0 heterocycles. The molecule has 0 saturated heterocycles. The number of benzene rings is 3. The number of methoxy groups -OCH3 is 2. The maximum Gasteiger partial charge on any atom is 0.297 e. The molecule has 0 bridgehead atoms. The van der Waals surface area contributed by atoms with Gasteiger partial charge in [0.15, 0.2) is 13.6 Å². The Labute approximate surface area is 190 Å². The van der Waals surface area contributed by atoms with E-state index in [1.807, 2.05) is 25.1 Å². The van der Waals surface area contributed by atoms with E-state index in [9.17, 15) is 8.42 Å². The molecular weight excluding hydrogens is 488 g/mol. The van der Waals surface area contributed by atoms with E-state index in [0.717, 1.165) is 20.8 Å². The monoisotopic (exact) mass is 510 g/mol. The molecule has 0 saturated carbocycles. The zero-order valence-corrected chi connectivity index (χ0v) is 19.8. The minimum atomic E-state index is -3.99. The van der Waals surface area contributed by atoms with Crippen molar-refractivity contribution in [2.24, 2.45) is 0 Å². The van der Waals surface area contributed by atoms with Crippen molar-refractivity contribution >= 4 is 36.8 Å². The Hall–Kier alpha value is -2.17. The molecule has 0 amide bonds. The van der Waals surface area contributed by atoms with Crippen molar-refractivity contribution < 1.29 is 31.5 Å². The molecule has 31 heavy (non-hydrogen) atoms. The lowest BCUT2D eigenvalue weighted by Crippen LogP contribution is -2.11. The molecule has 3 aromatic rings. The topological polar surface area (TPSA) is 80.3 Å². The van der Waals surface area contributed by atoms with Crippen molar-refractivity contribution in [1.82, 2.24) is 0 Å². The summed E-state index contributed by atoms with van der Waals surface area (Å²) in [7, 11) is -0.994. The van der Waals surface area contributed by atoms with Crippen molar-refractivity contribution in [3.8, 4) is 11.5 Å². The van der Waals surface area contributed by atoms with E-state index in [2.05, 4.69) is 15.9 Å². The van der Waals surface area contributed by atoms with Gasteiger partial charge < -0.3 is 18.9 Å². The van der Waals surface area contributed by atoms with Crippen molar-refractivity contribution in [3.05, 3.63) is 64.1 Å². The van der Waals surface area contributed by atoms with Gasteiger partial charge in [-0.15, -0.1) is 0 Å². The van der Waals surface area contributed by atoms with Crippen LogP contribution >= 0.6 is 15.9 Å². The molecule has 0 fully saturated rings. The quantitative estimate of drug-likeness (QED) is 0.286. The first-order valence-electron chi connectivity index (χ1n) is 9.30. The predicted molar refractivity (Wildman–Crippen MR) is 120 cm³/mol. The molecule has 7 nitrogen and oxygen atoms in total. The highest BCUT2D eigenvalue weighted by Crippen LogP contribution is 2.39. The van der Waals surface area contributed by atoms with E-state index in [0.29, 0.717) is 17.1 Å². The molecule has 0 aromatic heterocycles. The summed E-state index contributed by atoms with van der Waals surface area (Å²) >= 11 is 3.46. The molecule has 3 rings (SSSR count). The standard InChI is InChI=1S/C22H23BrO7S/c1-15-4-8-18(9-5-15)31(24,25)30-12-20-21(28-13-26-2)10-16-6-7-17(23)11-19(16)22(20)29-14-27-3/h4-11H,12-14H2,1-3H3. The third kappa shape index (κ3) is 5.75. The van der Waals surface area contributed by atoms with Gasteiger partial charge in [0.1, 0.15) is 11.5 Å². The summed E-state index contributed by atoms with van der Waals surface area (Å²) in [6, 6.07) is 13.9.